The second-order valence-corrected chi connectivity index (χ2v) is 5.53. The van der Waals surface area contributed by atoms with Gasteiger partial charge in [-0.15, -0.1) is 11.8 Å². The van der Waals surface area contributed by atoms with E-state index in [4.69, 9.17) is 5.73 Å². The van der Waals surface area contributed by atoms with Crippen LogP contribution in [0.15, 0.2) is 53.4 Å². The molecule has 0 aliphatic rings. The minimum atomic E-state index is -0.135. The number of anilines is 2. The maximum Gasteiger partial charge on any atom is 0.234 e. The van der Waals surface area contributed by atoms with Gasteiger partial charge >= 0.3 is 0 Å². The number of carbonyl (C=O) groups is 2. The summed E-state index contributed by atoms with van der Waals surface area (Å²) in [6, 6.07) is 14.3. The summed E-state index contributed by atoms with van der Waals surface area (Å²) in [6.45, 7) is 1.50. The van der Waals surface area contributed by atoms with Crippen LogP contribution in [-0.4, -0.2) is 17.4 Å². The first-order valence-corrected chi connectivity index (χ1v) is 7.43. The third-order valence-corrected chi connectivity index (χ3v) is 3.92. The Hall–Kier alpha value is -2.27. The Bertz CT molecular complexity index is 671. The van der Waals surface area contributed by atoms with Crippen molar-refractivity contribution in [2.24, 2.45) is 0 Å². The molecule has 108 valence electrons. The third kappa shape index (κ3) is 4.36. The van der Waals surface area contributed by atoms with Gasteiger partial charge in [0.25, 0.3) is 0 Å². The Morgan fingerprint density at radius 1 is 1.14 bits per heavy atom. The lowest BCUT2D eigenvalue weighted by molar-refractivity contribution is -0.113. The van der Waals surface area contributed by atoms with Crippen LogP contribution < -0.4 is 11.1 Å². The van der Waals surface area contributed by atoms with Gasteiger partial charge in [0.15, 0.2) is 5.78 Å². The van der Waals surface area contributed by atoms with Gasteiger partial charge in [0.2, 0.25) is 5.91 Å². The Balaban J connectivity index is 1.95. The fraction of sp³-hybridized carbons (Fsp3) is 0.125. The molecule has 0 saturated heterocycles. The number of carbonyl (C=O) groups excluding carboxylic acids is 2. The molecule has 0 aliphatic heterocycles. The minimum absolute atomic E-state index is 0.0301. The Morgan fingerprint density at radius 3 is 2.62 bits per heavy atom. The first kappa shape index (κ1) is 15.1. The lowest BCUT2D eigenvalue weighted by Crippen LogP contribution is -2.14. The van der Waals surface area contributed by atoms with Crippen LogP contribution in [0.3, 0.4) is 0 Å². The van der Waals surface area contributed by atoms with Gasteiger partial charge in [-0.3, -0.25) is 9.59 Å². The van der Waals surface area contributed by atoms with Crippen LogP contribution in [0.5, 0.6) is 0 Å². The van der Waals surface area contributed by atoms with Gasteiger partial charge in [-0.2, -0.15) is 0 Å². The van der Waals surface area contributed by atoms with Crippen molar-refractivity contribution in [3.8, 4) is 0 Å². The van der Waals surface area contributed by atoms with Crippen molar-refractivity contribution in [2.45, 2.75) is 11.8 Å². The van der Waals surface area contributed by atoms with Gasteiger partial charge in [0.1, 0.15) is 0 Å². The molecule has 0 atom stereocenters. The fourth-order valence-corrected chi connectivity index (χ4v) is 2.54. The second-order valence-electron chi connectivity index (χ2n) is 4.51. The molecule has 0 fully saturated rings. The fourth-order valence-electron chi connectivity index (χ4n) is 1.77. The number of thioether (sulfide) groups is 1. The predicted molar refractivity (Wildman–Crippen MR) is 86.7 cm³/mol. The molecule has 4 nitrogen and oxygen atoms in total. The maximum absolute atomic E-state index is 11.9. The van der Waals surface area contributed by atoms with Crippen molar-refractivity contribution in [1.82, 2.24) is 0 Å². The lowest BCUT2D eigenvalue weighted by Gasteiger charge is -2.07. The van der Waals surface area contributed by atoms with E-state index in [1.807, 2.05) is 18.2 Å². The Morgan fingerprint density at radius 2 is 1.90 bits per heavy atom. The van der Waals surface area contributed by atoms with Gasteiger partial charge in [-0.05, 0) is 31.2 Å². The van der Waals surface area contributed by atoms with Crippen LogP contribution in [0.4, 0.5) is 11.4 Å². The van der Waals surface area contributed by atoms with Crippen LogP contribution in [0.25, 0.3) is 0 Å². The highest BCUT2D eigenvalue weighted by molar-refractivity contribution is 8.00. The minimum Gasteiger partial charge on any atom is -0.398 e. The molecule has 0 aliphatic carbocycles. The molecule has 0 bridgehead atoms. The zero-order valence-corrected chi connectivity index (χ0v) is 12.4. The molecule has 0 radical (unpaired) electrons. The number of Topliss-reactive ketones (excluding diaryl/α,β-unsaturated/α-hetero) is 1. The van der Waals surface area contributed by atoms with Crippen molar-refractivity contribution >= 4 is 34.8 Å². The molecular formula is C16H16N2O2S. The summed E-state index contributed by atoms with van der Waals surface area (Å²) in [7, 11) is 0. The number of nitrogen functional groups attached to an aromatic ring is 1. The van der Waals surface area contributed by atoms with E-state index in [1.54, 1.807) is 30.3 Å². The number of ketones is 1. The van der Waals surface area contributed by atoms with E-state index in [0.29, 0.717) is 16.9 Å². The van der Waals surface area contributed by atoms with Gasteiger partial charge in [-0.25, -0.2) is 0 Å². The Labute approximate surface area is 127 Å². The number of amides is 1. The number of para-hydroxylation sites is 1. The van der Waals surface area contributed by atoms with Crippen LogP contribution in [0.2, 0.25) is 0 Å². The standard InChI is InChI=1S/C16H16N2O2S/c1-11(19)12-5-4-6-13(9-12)18-16(20)10-21-15-8-3-2-7-14(15)17/h2-9H,10,17H2,1H3,(H,18,20). The molecule has 5 heteroatoms. The van der Waals surface area contributed by atoms with E-state index < -0.39 is 0 Å². The van der Waals surface area contributed by atoms with Crippen molar-refractivity contribution in [3.05, 3.63) is 54.1 Å². The van der Waals surface area contributed by atoms with E-state index in [2.05, 4.69) is 5.32 Å². The molecular weight excluding hydrogens is 284 g/mol. The smallest absolute Gasteiger partial charge is 0.234 e. The predicted octanol–water partition coefficient (Wildman–Crippen LogP) is 3.20. The molecule has 0 aromatic heterocycles. The molecule has 21 heavy (non-hydrogen) atoms. The van der Waals surface area contributed by atoms with Crippen LogP contribution in [-0.2, 0) is 4.79 Å². The monoisotopic (exact) mass is 300 g/mol. The third-order valence-electron chi connectivity index (χ3n) is 2.83. The molecule has 0 saturated carbocycles. The summed E-state index contributed by atoms with van der Waals surface area (Å²) in [5.74, 6) is 0.0971. The molecule has 0 heterocycles. The number of nitrogens with two attached hydrogens (primary N) is 1. The second kappa shape index (κ2) is 6.95. The van der Waals surface area contributed by atoms with Gasteiger partial charge in [0.05, 0.1) is 5.75 Å². The molecule has 0 unspecified atom stereocenters. The SMILES string of the molecule is CC(=O)c1cccc(NC(=O)CSc2ccccc2N)c1. The van der Waals surface area contributed by atoms with E-state index in [0.717, 1.165) is 4.90 Å². The summed E-state index contributed by atoms with van der Waals surface area (Å²) in [5, 5.41) is 2.77. The number of hydrogen-bond donors (Lipinski definition) is 2. The highest BCUT2D eigenvalue weighted by Gasteiger charge is 2.07. The van der Waals surface area contributed by atoms with Gasteiger partial charge in [-0.1, -0.05) is 24.3 Å². The van der Waals surface area contributed by atoms with Crippen LogP contribution in [0, 0.1) is 0 Å². The summed E-state index contributed by atoms with van der Waals surface area (Å²) in [6.07, 6.45) is 0. The first-order chi connectivity index (χ1) is 10.1. The zero-order valence-electron chi connectivity index (χ0n) is 11.6. The summed E-state index contributed by atoms with van der Waals surface area (Å²) < 4.78 is 0. The molecule has 3 N–H and O–H groups in total. The van der Waals surface area contributed by atoms with Crippen molar-refractivity contribution < 1.29 is 9.59 Å². The van der Waals surface area contributed by atoms with E-state index in [-0.39, 0.29) is 17.4 Å². The van der Waals surface area contributed by atoms with Crippen molar-refractivity contribution in [2.75, 3.05) is 16.8 Å². The maximum atomic E-state index is 11.9. The summed E-state index contributed by atoms with van der Waals surface area (Å²) in [4.78, 5) is 24.1. The number of nitrogens with one attached hydrogen (secondary N) is 1. The van der Waals surface area contributed by atoms with E-state index in [1.165, 1.54) is 18.7 Å². The lowest BCUT2D eigenvalue weighted by atomic mass is 10.1. The summed E-state index contributed by atoms with van der Waals surface area (Å²) in [5.41, 5.74) is 7.68. The normalized spacial score (nSPS) is 10.1. The van der Waals surface area contributed by atoms with Crippen molar-refractivity contribution in [3.63, 3.8) is 0 Å². The van der Waals surface area contributed by atoms with E-state index >= 15 is 0 Å². The number of rotatable bonds is 5. The van der Waals surface area contributed by atoms with Gasteiger partial charge in [0, 0.05) is 21.8 Å². The topological polar surface area (TPSA) is 72.2 Å². The number of benzene rings is 2. The zero-order chi connectivity index (χ0) is 15.2. The molecule has 2 aromatic rings. The van der Waals surface area contributed by atoms with Crippen molar-refractivity contribution in [1.29, 1.82) is 0 Å². The summed E-state index contributed by atoms with van der Waals surface area (Å²) >= 11 is 1.38. The average molecular weight is 300 g/mol. The number of hydrogen-bond acceptors (Lipinski definition) is 4. The highest BCUT2D eigenvalue weighted by Crippen LogP contribution is 2.24. The first-order valence-electron chi connectivity index (χ1n) is 6.44. The van der Waals surface area contributed by atoms with Gasteiger partial charge < -0.3 is 11.1 Å². The molecule has 1 amide bonds. The highest BCUT2D eigenvalue weighted by atomic mass is 32.2. The molecule has 2 rings (SSSR count). The van der Waals surface area contributed by atoms with E-state index in [9.17, 15) is 9.59 Å². The average Bonchev–Trinajstić information content (AvgIpc) is 2.46. The molecule has 0 spiro atoms. The molecule has 2 aromatic carbocycles. The van der Waals surface area contributed by atoms with Crippen LogP contribution >= 0.6 is 11.8 Å². The van der Waals surface area contributed by atoms with Crippen LogP contribution in [0.1, 0.15) is 17.3 Å². The largest absolute Gasteiger partial charge is 0.398 e. The quantitative estimate of drug-likeness (QED) is 0.505. The Kier molecular flexibility index (Phi) is 5.00.